The van der Waals surface area contributed by atoms with Gasteiger partial charge in [0.2, 0.25) is 0 Å². The molecule has 3 rings (SSSR count). The number of aromatic amines is 1. The largest absolute Gasteiger partial charge is 0.395 e. The Morgan fingerprint density at radius 2 is 2.18 bits per heavy atom. The maximum Gasteiger partial charge on any atom is 0.170 e. The Morgan fingerprint density at radius 3 is 2.77 bits per heavy atom. The van der Waals surface area contributed by atoms with Crippen LogP contribution in [0.2, 0.25) is 0 Å². The highest BCUT2D eigenvalue weighted by atomic mass is 32.1. The van der Waals surface area contributed by atoms with Crippen molar-refractivity contribution in [3.8, 4) is 0 Å². The lowest BCUT2D eigenvalue weighted by atomic mass is 9.97. The lowest BCUT2D eigenvalue weighted by Gasteiger charge is -2.27. The first kappa shape index (κ1) is 15.0. The molecule has 1 saturated heterocycles. The second-order valence-electron chi connectivity index (χ2n) is 5.58. The molecule has 116 valence electrons. The number of pyridine rings is 1. The highest BCUT2D eigenvalue weighted by molar-refractivity contribution is 7.80. The summed E-state index contributed by atoms with van der Waals surface area (Å²) in [6.07, 6.45) is 1.79. The van der Waals surface area contributed by atoms with Crippen molar-refractivity contribution in [2.24, 2.45) is 0 Å². The van der Waals surface area contributed by atoms with Crippen LogP contribution in [0.5, 0.6) is 0 Å². The SMILES string of the molecule is Cc1cc([C@@H]2[C@H](c3ccccn3)NC(=S)N2CCO)c(C)[nH]1. The number of aromatic nitrogens is 2. The van der Waals surface area contributed by atoms with Gasteiger partial charge < -0.3 is 20.3 Å². The van der Waals surface area contributed by atoms with Crippen molar-refractivity contribution in [2.75, 3.05) is 13.2 Å². The zero-order valence-corrected chi connectivity index (χ0v) is 13.5. The van der Waals surface area contributed by atoms with Crippen molar-refractivity contribution in [1.29, 1.82) is 0 Å². The van der Waals surface area contributed by atoms with E-state index in [9.17, 15) is 5.11 Å². The fourth-order valence-corrected chi connectivity index (χ4v) is 3.48. The Bertz CT molecular complexity index is 670. The molecule has 0 unspecified atom stereocenters. The van der Waals surface area contributed by atoms with Crippen LogP contribution in [0.1, 0.15) is 34.7 Å². The minimum absolute atomic E-state index is 0.0193. The Hall–Kier alpha value is -1.92. The molecule has 1 aliphatic rings. The molecular weight excluding hydrogens is 296 g/mol. The fourth-order valence-electron chi connectivity index (χ4n) is 3.15. The molecule has 0 spiro atoms. The Labute approximate surface area is 135 Å². The number of thiocarbonyl (C=S) groups is 1. The van der Waals surface area contributed by atoms with Gasteiger partial charge in [-0.25, -0.2) is 0 Å². The third kappa shape index (κ3) is 2.60. The fraction of sp³-hybridized carbons (Fsp3) is 0.375. The van der Waals surface area contributed by atoms with Crippen LogP contribution < -0.4 is 5.32 Å². The van der Waals surface area contributed by atoms with Crippen molar-refractivity contribution in [2.45, 2.75) is 25.9 Å². The molecule has 1 fully saturated rings. The van der Waals surface area contributed by atoms with Crippen LogP contribution in [0, 0.1) is 13.8 Å². The van der Waals surface area contributed by atoms with Gasteiger partial charge in [0.25, 0.3) is 0 Å². The molecule has 2 aromatic rings. The number of aliphatic hydroxyl groups excluding tert-OH is 1. The molecule has 22 heavy (non-hydrogen) atoms. The van der Waals surface area contributed by atoms with E-state index in [1.54, 1.807) is 6.20 Å². The van der Waals surface area contributed by atoms with E-state index in [0.29, 0.717) is 11.7 Å². The number of nitrogens with one attached hydrogen (secondary N) is 2. The number of nitrogens with zero attached hydrogens (tertiary/aromatic N) is 2. The molecule has 2 atom stereocenters. The van der Waals surface area contributed by atoms with Gasteiger partial charge in [-0.3, -0.25) is 4.98 Å². The highest BCUT2D eigenvalue weighted by Gasteiger charge is 2.40. The molecule has 6 heteroatoms. The van der Waals surface area contributed by atoms with Gasteiger partial charge in [0.05, 0.1) is 24.4 Å². The summed E-state index contributed by atoms with van der Waals surface area (Å²) in [5.74, 6) is 0. The first-order valence-corrected chi connectivity index (χ1v) is 7.77. The van der Waals surface area contributed by atoms with E-state index in [4.69, 9.17) is 12.2 Å². The van der Waals surface area contributed by atoms with Gasteiger partial charge in [0.15, 0.2) is 5.11 Å². The minimum Gasteiger partial charge on any atom is -0.395 e. The van der Waals surface area contributed by atoms with Gasteiger partial charge in [-0.1, -0.05) is 6.07 Å². The molecule has 1 aliphatic heterocycles. The molecule has 0 bridgehead atoms. The van der Waals surface area contributed by atoms with Crippen LogP contribution in [0.4, 0.5) is 0 Å². The molecule has 0 aromatic carbocycles. The first-order chi connectivity index (χ1) is 10.6. The monoisotopic (exact) mass is 316 g/mol. The summed E-state index contributed by atoms with van der Waals surface area (Å²) >= 11 is 5.48. The summed E-state index contributed by atoms with van der Waals surface area (Å²) in [6, 6.07) is 8.05. The third-order valence-corrected chi connectivity index (χ3v) is 4.40. The number of aliphatic hydroxyl groups is 1. The van der Waals surface area contributed by atoms with Crippen LogP contribution in [-0.2, 0) is 0 Å². The van der Waals surface area contributed by atoms with Crippen molar-refractivity contribution in [3.05, 3.63) is 53.1 Å². The zero-order valence-electron chi connectivity index (χ0n) is 12.7. The number of β-amino-alcohol motifs (C(OH)–C–C–N with tert-alkyl or cyclic N) is 1. The normalized spacial score (nSPS) is 21.2. The first-order valence-electron chi connectivity index (χ1n) is 7.37. The highest BCUT2D eigenvalue weighted by Crippen LogP contribution is 2.39. The number of hydrogen-bond donors (Lipinski definition) is 3. The summed E-state index contributed by atoms with van der Waals surface area (Å²) in [5, 5.41) is 13.4. The minimum atomic E-state index is -0.0193. The summed E-state index contributed by atoms with van der Waals surface area (Å²) in [6.45, 7) is 4.68. The van der Waals surface area contributed by atoms with Crippen molar-refractivity contribution < 1.29 is 5.11 Å². The van der Waals surface area contributed by atoms with E-state index >= 15 is 0 Å². The van der Waals surface area contributed by atoms with Crippen LogP contribution >= 0.6 is 12.2 Å². The van der Waals surface area contributed by atoms with E-state index in [0.717, 1.165) is 17.1 Å². The van der Waals surface area contributed by atoms with Gasteiger partial charge >= 0.3 is 0 Å². The lowest BCUT2D eigenvalue weighted by molar-refractivity contribution is 0.223. The summed E-state index contributed by atoms with van der Waals surface area (Å²) < 4.78 is 0. The molecule has 2 aromatic heterocycles. The zero-order chi connectivity index (χ0) is 15.7. The topological polar surface area (TPSA) is 64.2 Å². The molecule has 0 radical (unpaired) electrons. The average molecular weight is 316 g/mol. The Morgan fingerprint density at radius 1 is 1.36 bits per heavy atom. The van der Waals surface area contributed by atoms with E-state index in [1.165, 1.54) is 5.56 Å². The quantitative estimate of drug-likeness (QED) is 0.753. The average Bonchev–Trinajstić information content (AvgIpc) is 3.00. The number of hydrogen-bond acceptors (Lipinski definition) is 3. The number of H-pyrrole nitrogens is 1. The molecule has 3 heterocycles. The van der Waals surface area contributed by atoms with E-state index in [2.05, 4.69) is 28.3 Å². The molecule has 3 N–H and O–H groups in total. The molecule has 0 aliphatic carbocycles. The third-order valence-electron chi connectivity index (χ3n) is 4.05. The van der Waals surface area contributed by atoms with E-state index in [1.807, 2.05) is 30.0 Å². The Kier molecular flexibility index (Phi) is 4.13. The number of aryl methyl sites for hydroxylation is 2. The molecule has 0 amide bonds. The second-order valence-corrected chi connectivity index (χ2v) is 5.96. The standard InChI is InChI=1S/C16H20N4OS/c1-10-9-12(11(2)18-10)15-14(13-5-3-4-6-17-13)19-16(22)20(15)7-8-21/h3-6,9,14-15,18,21H,7-8H2,1-2H3,(H,19,22)/t14-,15+/m0/s1. The van der Waals surface area contributed by atoms with Crippen LogP contribution in [0.15, 0.2) is 30.5 Å². The predicted molar refractivity (Wildman–Crippen MR) is 89.5 cm³/mol. The molecule has 5 nitrogen and oxygen atoms in total. The van der Waals surface area contributed by atoms with Gasteiger partial charge in [0, 0.05) is 24.1 Å². The van der Waals surface area contributed by atoms with Crippen molar-refractivity contribution in [1.82, 2.24) is 20.2 Å². The second kappa shape index (κ2) is 6.06. The smallest absolute Gasteiger partial charge is 0.170 e. The van der Waals surface area contributed by atoms with Gasteiger partial charge in [-0.05, 0) is 49.8 Å². The maximum absolute atomic E-state index is 9.39. The number of rotatable bonds is 4. The molecular formula is C16H20N4OS. The van der Waals surface area contributed by atoms with Gasteiger partial charge in [-0.15, -0.1) is 0 Å². The van der Waals surface area contributed by atoms with Crippen LogP contribution in [0.3, 0.4) is 0 Å². The Balaban J connectivity index is 2.05. The summed E-state index contributed by atoms with van der Waals surface area (Å²) in [4.78, 5) is 9.88. The van der Waals surface area contributed by atoms with Crippen molar-refractivity contribution >= 4 is 17.3 Å². The van der Waals surface area contributed by atoms with Gasteiger partial charge in [0.1, 0.15) is 0 Å². The van der Waals surface area contributed by atoms with Crippen molar-refractivity contribution in [3.63, 3.8) is 0 Å². The molecule has 0 saturated carbocycles. The van der Waals surface area contributed by atoms with E-state index in [-0.39, 0.29) is 18.7 Å². The van der Waals surface area contributed by atoms with Crippen LogP contribution in [-0.4, -0.2) is 38.2 Å². The predicted octanol–water partition coefficient (Wildman–Crippen LogP) is 1.99. The van der Waals surface area contributed by atoms with E-state index < -0.39 is 0 Å². The summed E-state index contributed by atoms with van der Waals surface area (Å²) in [5.41, 5.74) is 4.38. The lowest BCUT2D eigenvalue weighted by Crippen LogP contribution is -2.32. The van der Waals surface area contributed by atoms with Crippen LogP contribution in [0.25, 0.3) is 0 Å². The summed E-state index contributed by atoms with van der Waals surface area (Å²) in [7, 11) is 0. The van der Waals surface area contributed by atoms with Gasteiger partial charge in [-0.2, -0.15) is 0 Å². The maximum atomic E-state index is 9.39.